The molecule has 1 aliphatic rings. The van der Waals surface area contributed by atoms with Crippen molar-refractivity contribution in [3.63, 3.8) is 0 Å². The van der Waals surface area contributed by atoms with Crippen LogP contribution in [-0.4, -0.2) is 38.9 Å². The summed E-state index contributed by atoms with van der Waals surface area (Å²) in [5.74, 6) is 0.680. The Morgan fingerprint density at radius 2 is 1.92 bits per heavy atom. The van der Waals surface area contributed by atoms with Crippen LogP contribution in [0.3, 0.4) is 0 Å². The Morgan fingerprint density at radius 3 is 2.62 bits per heavy atom. The van der Waals surface area contributed by atoms with Crippen molar-refractivity contribution in [1.82, 2.24) is 18.7 Å². The Hall–Kier alpha value is -2.39. The molecule has 0 radical (unpaired) electrons. The van der Waals surface area contributed by atoms with E-state index in [1.54, 1.807) is 14.2 Å². The zero-order chi connectivity index (χ0) is 18.4. The molecule has 0 spiro atoms. The number of imidazole rings is 1. The summed E-state index contributed by atoms with van der Waals surface area (Å²) in [4.78, 5) is 32.1. The normalized spacial score (nSPS) is 13.6. The van der Waals surface area contributed by atoms with Gasteiger partial charge in [-0.05, 0) is 24.3 Å². The molecule has 0 N–H and O–H groups in total. The highest BCUT2D eigenvalue weighted by Gasteiger charge is 2.28. The molecule has 3 aromatic rings. The van der Waals surface area contributed by atoms with Crippen molar-refractivity contribution in [1.29, 1.82) is 0 Å². The van der Waals surface area contributed by atoms with Crippen molar-refractivity contribution < 1.29 is 4.74 Å². The molecule has 136 valence electrons. The van der Waals surface area contributed by atoms with Crippen LogP contribution in [0.15, 0.2) is 38.3 Å². The lowest BCUT2D eigenvalue weighted by Crippen LogP contribution is -2.40. The molecule has 4 rings (SSSR count). The van der Waals surface area contributed by atoms with Crippen LogP contribution in [0.25, 0.3) is 11.2 Å². The summed E-state index contributed by atoms with van der Waals surface area (Å²) in [5, 5.41) is 0. The van der Waals surface area contributed by atoms with E-state index in [-0.39, 0.29) is 17.8 Å². The van der Waals surface area contributed by atoms with Crippen LogP contribution < -0.4 is 16.1 Å². The smallest absolute Gasteiger partial charge is 0.332 e. The van der Waals surface area contributed by atoms with E-state index in [4.69, 9.17) is 4.74 Å². The van der Waals surface area contributed by atoms with Crippen LogP contribution >= 0.6 is 15.9 Å². The van der Waals surface area contributed by atoms with Crippen LogP contribution in [0.1, 0.15) is 0 Å². The molecule has 1 aliphatic heterocycles. The Morgan fingerprint density at radius 1 is 1.19 bits per heavy atom. The Labute approximate surface area is 157 Å². The predicted octanol–water partition coefficient (Wildman–Crippen LogP) is 1.46. The molecule has 8 nitrogen and oxygen atoms in total. The maximum Gasteiger partial charge on any atom is 0.332 e. The first-order valence-electron chi connectivity index (χ1n) is 8.25. The summed E-state index contributed by atoms with van der Waals surface area (Å²) >= 11 is 3.44. The second-order valence-electron chi connectivity index (χ2n) is 6.15. The average Bonchev–Trinajstić information content (AvgIpc) is 3.20. The van der Waals surface area contributed by atoms with Crippen LogP contribution in [0.4, 0.5) is 11.6 Å². The Kier molecular flexibility index (Phi) is 4.20. The molecule has 3 heterocycles. The van der Waals surface area contributed by atoms with Crippen molar-refractivity contribution in [3.05, 3.63) is 49.6 Å². The number of ether oxygens (including phenoxy) is 1. The Balaban J connectivity index is 1.91. The molecule has 0 saturated heterocycles. The van der Waals surface area contributed by atoms with E-state index in [9.17, 15) is 9.59 Å². The number of hydrogen-bond acceptors (Lipinski definition) is 5. The van der Waals surface area contributed by atoms with Gasteiger partial charge in [0.25, 0.3) is 5.56 Å². The van der Waals surface area contributed by atoms with Gasteiger partial charge in [-0.15, -0.1) is 0 Å². The van der Waals surface area contributed by atoms with Crippen LogP contribution in [0.5, 0.6) is 0 Å². The quantitative estimate of drug-likeness (QED) is 0.639. The van der Waals surface area contributed by atoms with Crippen LogP contribution in [0.2, 0.25) is 0 Å². The van der Waals surface area contributed by atoms with E-state index < -0.39 is 0 Å². The van der Waals surface area contributed by atoms with Gasteiger partial charge in [0.1, 0.15) is 0 Å². The first-order chi connectivity index (χ1) is 12.5. The van der Waals surface area contributed by atoms with Crippen molar-refractivity contribution in [3.8, 4) is 0 Å². The molecule has 2 aromatic heterocycles. The van der Waals surface area contributed by atoms with Crippen molar-refractivity contribution in [2.45, 2.75) is 13.1 Å². The number of hydrogen-bond donors (Lipinski definition) is 0. The molecular formula is C17H18BrN5O3. The first-order valence-corrected chi connectivity index (χ1v) is 9.04. The lowest BCUT2D eigenvalue weighted by Gasteiger charge is -2.15. The number of benzene rings is 1. The Bertz CT molecular complexity index is 1100. The van der Waals surface area contributed by atoms with Gasteiger partial charge in [-0.2, -0.15) is 4.98 Å². The summed E-state index contributed by atoms with van der Waals surface area (Å²) < 4.78 is 10.6. The SMILES string of the molecule is COCCn1c(=O)c2c(nc3n2CCN3c2ccc(Br)cc2)n(C)c1=O. The molecule has 0 bridgehead atoms. The fourth-order valence-electron chi connectivity index (χ4n) is 3.32. The first kappa shape index (κ1) is 17.0. The number of methoxy groups -OCH3 is 1. The molecule has 0 atom stereocenters. The van der Waals surface area contributed by atoms with Gasteiger partial charge in [0.2, 0.25) is 5.95 Å². The minimum absolute atomic E-state index is 0.217. The number of nitrogens with zero attached hydrogens (tertiary/aromatic N) is 5. The van der Waals surface area contributed by atoms with Crippen molar-refractivity contribution in [2.75, 3.05) is 25.2 Å². The standard InChI is InChI=1S/C17H18BrN5O3/c1-20-14-13(15(24)23(17(20)25)9-10-26-2)22-8-7-21(16(22)19-14)12-5-3-11(18)4-6-12/h3-6H,7-10H2,1-2H3. The van der Waals surface area contributed by atoms with E-state index in [1.807, 2.05) is 28.8 Å². The lowest BCUT2D eigenvalue weighted by molar-refractivity contribution is 0.184. The van der Waals surface area contributed by atoms with Crippen molar-refractivity contribution >= 4 is 38.7 Å². The number of aryl methyl sites for hydroxylation is 1. The van der Waals surface area contributed by atoms with Gasteiger partial charge in [-0.1, -0.05) is 15.9 Å². The fraction of sp³-hybridized carbons (Fsp3) is 0.353. The molecule has 1 aromatic carbocycles. The van der Waals surface area contributed by atoms with E-state index in [0.29, 0.717) is 30.3 Å². The molecule has 0 unspecified atom stereocenters. The fourth-order valence-corrected chi connectivity index (χ4v) is 3.59. The van der Waals surface area contributed by atoms with E-state index in [0.717, 1.165) is 16.7 Å². The lowest BCUT2D eigenvalue weighted by atomic mass is 10.3. The molecule has 9 heteroatoms. The largest absolute Gasteiger partial charge is 0.383 e. The minimum atomic E-state index is -0.383. The maximum atomic E-state index is 12.9. The van der Waals surface area contributed by atoms with Crippen LogP contribution in [0, 0.1) is 0 Å². The summed E-state index contributed by atoms with van der Waals surface area (Å²) in [5.41, 5.74) is 1.15. The number of fused-ring (bicyclic) bond motifs is 3. The van der Waals surface area contributed by atoms with Crippen LogP contribution in [-0.2, 0) is 24.9 Å². The topological polar surface area (TPSA) is 74.3 Å². The van der Waals surface area contributed by atoms with E-state index >= 15 is 0 Å². The number of halogens is 1. The van der Waals surface area contributed by atoms with Gasteiger partial charge in [0.05, 0.1) is 13.2 Å². The second-order valence-corrected chi connectivity index (χ2v) is 7.07. The summed E-state index contributed by atoms with van der Waals surface area (Å²) in [6.45, 7) is 1.88. The molecule has 26 heavy (non-hydrogen) atoms. The number of rotatable bonds is 4. The van der Waals surface area contributed by atoms with Gasteiger partial charge in [-0.25, -0.2) is 4.79 Å². The third-order valence-corrected chi connectivity index (χ3v) is 5.19. The highest BCUT2D eigenvalue weighted by atomic mass is 79.9. The predicted molar refractivity (Wildman–Crippen MR) is 102 cm³/mol. The molecule has 0 aliphatic carbocycles. The zero-order valence-corrected chi connectivity index (χ0v) is 16.1. The third-order valence-electron chi connectivity index (χ3n) is 4.66. The van der Waals surface area contributed by atoms with Gasteiger partial charge < -0.3 is 14.2 Å². The maximum absolute atomic E-state index is 12.9. The third kappa shape index (κ3) is 2.50. The minimum Gasteiger partial charge on any atom is -0.383 e. The molecular weight excluding hydrogens is 402 g/mol. The molecule has 0 amide bonds. The highest BCUT2D eigenvalue weighted by Crippen LogP contribution is 2.32. The van der Waals surface area contributed by atoms with Gasteiger partial charge >= 0.3 is 5.69 Å². The summed E-state index contributed by atoms with van der Waals surface area (Å²) in [6, 6.07) is 7.92. The summed E-state index contributed by atoms with van der Waals surface area (Å²) in [6.07, 6.45) is 0. The van der Waals surface area contributed by atoms with Crippen molar-refractivity contribution in [2.24, 2.45) is 7.05 Å². The van der Waals surface area contributed by atoms with E-state index in [1.165, 1.54) is 9.13 Å². The van der Waals surface area contributed by atoms with E-state index in [2.05, 4.69) is 25.8 Å². The van der Waals surface area contributed by atoms with Gasteiger partial charge in [0.15, 0.2) is 11.2 Å². The summed E-state index contributed by atoms with van der Waals surface area (Å²) in [7, 11) is 3.18. The van der Waals surface area contributed by atoms with Gasteiger partial charge in [-0.3, -0.25) is 13.9 Å². The molecule has 0 saturated carbocycles. The monoisotopic (exact) mass is 419 g/mol. The number of anilines is 2. The molecule has 0 fully saturated rings. The number of aromatic nitrogens is 4. The second kappa shape index (κ2) is 6.40. The highest BCUT2D eigenvalue weighted by molar-refractivity contribution is 9.10. The van der Waals surface area contributed by atoms with Gasteiger partial charge in [0, 0.05) is 37.4 Å². The average molecular weight is 420 g/mol. The zero-order valence-electron chi connectivity index (χ0n) is 14.5.